The molecule has 0 amide bonds. The zero-order valence-electron chi connectivity index (χ0n) is 9.21. The van der Waals surface area contributed by atoms with E-state index in [-0.39, 0.29) is 0 Å². The van der Waals surface area contributed by atoms with Crippen molar-refractivity contribution in [3.05, 3.63) is 0 Å². The van der Waals surface area contributed by atoms with Crippen LogP contribution >= 0.6 is 0 Å². The molecule has 0 heterocycles. The highest BCUT2D eigenvalue weighted by atomic mass is 15.2. The molecule has 0 radical (unpaired) electrons. The highest BCUT2D eigenvalue weighted by Crippen LogP contribution is 2.16. The molecule has 0 aliphatic heterocycles. The minimum Gasteiger partial charge on any atom is -0.288 e. The van der Waals surface area contributed by atoms with E-state index in [0.29, 0.717) is 6.17 Å². The zero-order valence-corrected chi connectivity index (χ0v) is 9.21. The van der Waals surface area contributed by atoms with Gasteiger partial charge >= 0.3 is 0 Å². The van der Waals surface area contributed by atoms with Gasteiger partial charge in [0.1, 0.15) is 6.17 Å². The molecule has 1 fully saturated rings. The Kier molecular flexibility index (Phi) is 4.43. The Morgan fingerprint density at radius 2 is 1.85 bits per heavy atom. The number of hydrogen-bond acceptors (Lipinski definition) is 2. The van der Waals surface area contributed by atoms with Crippen molar-refractivity contribution in [1.29, 1.82) is 0 Å². The molecular weight excluding hydrogens is 160 g/mol. The van der Waals surface area contributed by atoms with Gasteiger partial charge in [-0.25, -0.2) is 0 Å². The molecular formula is C11H22N2. The summed E-state index contributed by atoms with van der Waals surface area (Å²) in [5.41, 5.74) is 1.45. The Hall–Kier alpha value is -0.370. The summed E-state index contributed by atoms with van der Waals surface area (Å²) in [5, 5.41) is 0. The van der Waals surface area contributed by atoms with E-state index in [4.69, 9.17) is 4.99 Å². The molecule has 1 aliphatic carbocycles. The maximum atomic E-state index is 4.80. The van der Waals surface area contributed by atoms with Gasteiger partial charge in [-0.2, -0.15) is 0 Å². The normalized spacial score (nSPS) is 20.5. The third kappa shape index (κ3) is 3.47. The van der Waals surface area contributed by atoms with Crippen molar-refractivity contribution in [2.24, 2.45) is 4.99 Å². The van der Waals surface area contributed by atoms with Crippen LogP contribution in [0.25, 0.3) is 0 Å². The standard InChI is InChI=1S/C11H22N2/c1-4-11(13(2)3)12-10-8-6-5-7-9-10/h11H,4-9H2,1-3H3. The van der Waals surface area contributed by atoms with Crippen LogP contribution in [0.5, 0.6) is 0 Å². The van der Waals surface area contributed by atoms with Gasteiger partial charge in [0, 0.05) is 5.71 Å². The van der Waals surface area contributed by atoms with Crippen molar-refractivity contribution in [2.45, 2.75) is 51.6 Å². The van der Waals surface area contributed by atoms with Crippen LogP contribution in [0.2, 0.25) is 0 Å². The fourth-order valence-electron chi connectivity index (χ4n) is 1.87. The Balaban J connectivity index is 2.49. The average Bonchev–Trinajstić information content (AvgIpc) is 2.15. The van der Waals surface area contributed by atoms with E-state index < -0.39 is 0 Å². The molecule has 0 bridgehead atoms. The lowest BCUT2D eigenvalue weighted by molar-refractivity contribution is 0.294. The monoisotopic (exact) mass is 182 g/mol. The van der Waals surface area contributed by atoms with Gasteiger partial charge in [-0.05, 0) is 46.2 Å². The molecule has 1 aliphatic rings. The number of rotatable bonds is 3. The van der Waals surface area contributed by atoms with E-state index in [9.17, 15) is 0 Å². The second-order valence-corrected chi connectivity index (χ2v) is 4.11. The lowest BCUT2D eigenvalue weighted by atomic mass is 9.98. The van der Waals surface area contributed by atoms with Crippen molar-refractivity contribution in [3.63, 3.8) is 0 Å². The van der Waals surface area contributed by atoms with Gasteiger partial charge in [0.05, 0.1) is 0 Å². The van der Waals surface area contributed by atoms with Crippen molar-refractivity contribution in [2.75, 3.05) is 14.1 Å². The Labute approximate surface area is 82.0 Å². The minimum atomic E-state index is 0.410. The molecule has 1 atom stereocenters. The van der Waals surface area contributed by atoms with Gasteiger partial charge in [-0.15, -0.1) is 0 Å². The predicted molar refractivity (Wildman–Crippen MR) is 58.3 cm³/mol. The van der Waals surface area contributed by atoms with Crippen molar-refractivity contribution in [1.82, 2.24) is 4.90 Å². The fraction of sp³-hybridized carbons (Fsp3) is 0.909. The first kappa shape index (κ1) is 10.7. The molecule has 1 saturated carbocycles. The Bertz CT molecular complexity index is 165. The van der Waals surface area contributed by atoms with Gasteiger partial charge in [0.15, 0.2) is 0 Å². The Morgan fingerprint density at radius 3 is 2.31 bits per heavy atom. The summed E-state index contributed by atoms with van der Waals surface area (Å²) in [5.74, 6) is 0. The lowest BCUT2D eigenvalue weighted by Gasteiger charge is -2.21. The SMILES string of the molecule is CCC(N=C1CCCCC1)N(C)C. The van der Waals surface area contributed by atoms with Crippen LogP contribution in [0.3, 0.4) is 0 Å². The average molecular weight is 182 g/mol. The highest BCUT2D eigenvalue weighted by Gasteiger charge is 2.11. The van der Waals surface area contributed by atoms with Crippen LogP contribution in [0.15, 0.2) is 4.99 Å². The van der Waals surface area contributed by atoms with Gasteiger partial charge < -0.3 is 0 Å². The smallest absolute Gasteiger partial charge is 0.101 e. The quantitative estimate of drug-likeness (QED) is 0.655. The van der Waals surface area contributed by atoms with Crippen molar-refractivity contribution >= 4 is 5.71 Å². The molecule has 0 N–H and O–H groups in total. The first-order chi connectivity index (χ1) is 6.24. The highest BCUT2D eigenvalue weighted by molar-refractivity contribution is 5.85. The van der Waals surface area contributed by atoms with Crippen LogP contribution in [-0.2, 0) is 0 Å². The van der Waals surface area contributed by atoms with Crippen LogP contribution in [0.1, 0.15) is 45.4 Å². The third-order valence-corrected chi connectivity index (χ3v) is 2.72. The Morgan fingerprint density at radius 1 is 1.23 bits per heavy atom. The van der Waals surface area contributed by atoms with E-state index in [2.05, 4.69) is 25.9 Å². The minimum absolute atomic E-state index is 0.410. The summed E-state index contributed by atoms with van der Waals surface area (Å²) in [6.07, 6.45) is 8.11. The first-order valence-corrected chi connectivity index (χ1v) is 5.46. The van der Waals surface area contributed by atoms with Crippen LogP contribution < -0.4 is 0 Å². The summed E-state index contributed by atoms with van der Waals surface area (Å²) in [6, 6.07) is 0. The van der Waals surface area contributed by atoms with Crippen molar-refractivity contribution in [3.8, 4) is 0 Å². The third-order valence-electron chi connectivity index (χ3n) is 2.72. The molecule has 0 spiro atoms. The van der Waals surface area contributed by atoms with Crippen LogP contribution in [-0.4, -0.2) is 30.9 Å². The van der Waals surface area contributed by atoms with Crippen molar-refractivity contribution < 1.29 is 0 Å². The molecule has 1 rings (SSSR count). The summed E-state index contributed by atoms with van der Waals surface area (Å²) in [4.78, 5) is 7.01. The molecule has 0 aromatic heterocycles. The summed E-state index contributed by atoms with van der Waals surface area (Å²) < 4.78 is 0. The molecule has 1 unspecified atom stereocenters. The first-order valence-electron chi connectivity index (χ1n) is 5.46. The van der Waals surface area contributed by atoms with Gasteiger partial charge in [-0.3, -0.25) is 9.89 Å². The molecule has 0 aromatic carbocycles. The lowest BCUT2D eigenvalue weighted by Crippen LogP contribution is -2.26. The fourth-order valence-corrected chi connectivity index (χ4v) is 1.87. The summed E-state index contributed by atoms with van der Waals surface area (Å²) in [6.45, 7) is 2.21. The van der Waals surface area contributed by atoms with Gasteiger partial charge in [-0.1, -0.05) is 13.3 Å². The van der Waals surface area contributed by atoms with Gasteiger partial charge in [0.25, 0.3) is 0 Å². The number of nitrogens with zero attached hydrogens (tertiary/aromatic N) is 2. The van der Waals surface area contributed by atoms with Gasteiger partial charge in [0.2, 0.25) is 0 Å². The molecule has 2 heteroatoms. The van der Waals surface area contributed by atoms with E-state index in [1.807, 2.05) is 0 Å². The topological polar surface area (TPSA) is 15.6 Å². The molecule has 76 valence electrons. The second-order valence-electron chi connectivity index (χ2n) is 4.11. The van der Waals surface area contributed by atoms with E-state index >= 15 is 0 Å². The van der Waals surface area contributed by atoms with E-state index in [1.165, 1.54) is 37.8 Å². The molecule has 0 aromatic rings. The van der Waals surface area contributed by atoms with Crippen LogP contribution in [0, 0.1) is 0 Å². The summed E-state index contributed by atoms with van der Waals surface area (Å²) in [7, 11) is 4.22. The maximum absolute atomic E-state index is 4.80. The van der Waals surface area contributed by atoms with E-state index in [0.717, 1.165) is 6.42 Å². The number of hydrogen-bond donors (Lipinski definition) is 0. The largest absolute Gasteiger partial charge is 0.288 e. The summed E-state index contributed by atoms with van der Waals surface area (Å²) >= 11 is 0. The molecule has 2 nitrogen and oxygen atoms in total. The maximum Gasteiger partial charge on any atom is 0.101 e. The number of aliphatic imine (C=N–C) groups is 1. The van der Waals surface area contributed by atoms with E-state index in [1.54, 1.807) is 0 Å². The zero-order chi connectivity index (χ0) is 9.68. The second kappa shape index (κ2) is 5.38. The predicted octanol–water partition coefficient (Wildman–Crippen LogP) is 2.69. The van der Waals surface area contributed by atoms with Crippen LogP contribution in [0.4, 0.5) is 0 Å². The molecule has 13 heavy (non-hydrogen) atoms. The molecule has 0 saturated heterocycles.